The third kappa shape index (κ3) is 1.97. The van der Waals surface area contributed by atoms with Gasteiger partial charge in [0.05, 0.1) is 15.7 Å². The van der Waals surface area contributed by atoms with E-state index in [2.05, 4.69) is 6.58 Å². The second kappa shape index (κ2) is 4.42. The Hall–Kier alpha value is -2.30. The van der Waals surface area contributed by atoms with Crippen molar-refractivity contribution in [3.05, 3.63) is 42.2 Å². The number of benzene rings is 1. The van der Waals surface area contributed by atoms with Crippen LogP contribution < -0.4 is 0 Å². The van der Waals surface area contributed by atoms with Crippen LogP contribution in [0, 0.1) is 0 Å². The lowest BCUT2D eigenvalue weighted by atomic mass is 9.81. The van der Waals surface area contributed by atoms with Crippen LogP contribution in [-0.4, -0.2) is 21.5 Å². The average Bonchev–Trinajstić information content (AvgIpc) is 2.56. The molecular weight excluding hydrogens is 246 g/mol. The first kappa shape index (κ1) is 13.1. The molecule has 1 N–H and O–H groups in total. The first-order valence-corrected chi connectivity index (χ1v) is 5.86. The highest BCUT2D eigenvalue weighted by Crippen LogP contribution is 2.40. The fourth-order valence-electron chi connectivity index (χ4n) is 2.15. The zero-order chi connectivity index (χ0) is 14.2. The third-order valence-electron chi connectivity index (χ3n) is 3.53. The van der Waals surface area contributed by atoms with Gasteiger partial charge in [-0.2, -0.15) is 0 Å². The van der Waals surface area contributed by atoms with Crippen LogP contribution in [0.3, 0.4) is 0 Å². The van der Waals surface area contributed by atoms with E-state index in [0.29, 0.717) is 0 Å². The Morgan fingerprint density at radius 3 is 2.74 bits per heavy atom. The van der Waals surface area contributed by atoms with E-state index in [9.17, 15) is 4.79 Å². The molecule has 0 bridgehead atoms. The fraction of sp³-hybridized carbons (Fsp3) is 0.286. The molecule has 0 aromatic heterocycles. The second-order valence-corrected chi connectivity index (χ2v) is 4.88. The number of aromatic carboxylic acids is 1. The number of fused-ring (bicyclic) bond motifs is 1. The normalized spacial score (nSPS) is 15.9. The van der Waals surface area contributed by atoms with Crippen LogP contribution in [0.1, 0.15) is 36.7 Å². The molecule has 0 fully saturated rings. The maximum atomic E-state index is 11.1. The molecule has 0 saturated carbocycles. The van der Waals surface area contributed by atoms with Crippen molar-refractivity contribution in [2.24, 2.45) is 0 Å². The van der Waals surface area contributed by atoms with Gasteiger partial charge in [0, 0.05) is 18.6 Å². The van der Waals surface area contributed by atoms with Crippen molar-refractivity contribution in [1.82, 2.24) is 0 Å². The van der Waals surface area contributed by atoms with Crippen LogP contribution in [0.4, 0.5) is 5.69 Å². The van der Waals surface area contributed by atoms with Crippen LogP contribution in [0.2, 0.25) is 0 Å². The zero-order valence-corrected chi connectivity index (χ0v) is 11.1. The van der Waals surface area contributed by atoms with Crippen molar-refractivity contribution < 1.29 is 24.5 Å². The first-order chi connectivity index (χ1) is 8.89. The van der Waals surface area contributed by atoms with Crippen molar-refractivity contribution in [1.29, 1.82) is 0 Å². The summed E-state index contributed by atoms with van der Waals surface area (Å²) in [5, 5.41) is 9.07. The number of hydrogen-bond acceptors (Lipinski definition) is 3. The molecule has 0 unspecified atom stereocenters. The summed E-state index contributed by atoms with van der Waals surface area (Å²) in [6, 6.07) is 4.92. The number of hydrogen-bond donors (Lipinski definition) is 1. The summed E-state index contributed by atoms with van der Waals surface area (Å²) >= 11 is 0. The molecule has 1 aromatic carbocycles. The summed E-state index contributed by atoms with van der Waals surface area (Å²) in [7, 11) is 0. The van der Waals surface area contributed by atoms with Gasteiger partial charge in [-0.3, -0.25) is 0 Å². The monoisotopic (exact) mass is 262 g/mol. The lowest BCUT2D eigenvalue weighted by Crippen LogP contribution is -2.26. The lowest BCUT2D eigenvalue weighted by molar-refractivity contribution is -0.818. The molecule has 2 rings (SSSR count). The van der Waals surface area contributed by atoms with Crippen molar-refractivity contribution in [3.8, 4) is 0 Å². The smallest absolute Gasteiger partial charge is 0.335 e. The van der Waals surface area contributed by atoms with Gasteiger partial charge >= 0.3 is 5.97 Å². The molecule has 1 aromatic rings. The van der Waals surface area contributed by atoms with Crippen LogP contribution in [0.25, 0.3) is 0 Å². The zero-order valence-electron chi connectivity index (χ0n) is 11.1. The van der Waals surface area contributed by atoms with Gasteiger partial charge in [-0.05, 0) is 31.0 Å². The van der Waals surface area contributed by atoms with Crippen molar-refractivity contribution >= 4 is 17.4 Å². The Balaban J connectivity index is 2.55. The summed E-state index contributed by atoms with van der Waals surface area (Å²) in [5.41, 5.74) is 2.50. The standard InChI is InChI=1S/C14H15NO4/c1-5-18-19-15-9(2)14(3,4)11-8-10(13(16)17)6-7-12(11)15/h5-8H,1H2,2-4H3/p+1. The van der Waals surface area contributed by atoms with Gasteiger partial charge in [-0.1, -0.05) is 6.58 Å². The van der Waals surface area contributed by atoms with Crippen LogP contribution in [0.5, 0.6) is 0 Å². The molecule has 19 heavy (non-hydrogen) atoms. The molecule has 0 aliphatic carbocycles. The topological polar surface area (TPSA) is 58.8 Å². The van der Waals surface area contributed by atoms with Crippen LogP contribution in [-0.2, 0) is 15.3 Å². The molecule has 0 atom stereocenters. The number of carboxylic acid groups (broad SMARTS) is 1. The molecule has 0 spiro atoms. The summed E-state index contributed by atoms with van der Waals surface area (Å²) < 4.78 is 1.54. The Bertz CT molecular complexity index is 587. The summed E-state index contributed by atoms with van der Waals surface area (Å²) in [4.78, 5) is 21.0. The molecule has 100 valence electrons. The maximum absolute atomic E-state index is 11.1. The fourth-order valence-corrected chi connectivity index (χ4v) is 2.15. The molecule has 0 amide bonds. The molecule has 1 aliphatic heterocycles. The van der Waals surface area contributed by atoms with Gasteiger partial charge in [-0.15, -0.1) is 0 Å². The Morgan fingerprint density at radius 2 is 2.16 bits per heavy atom. The van der Waals surface area contributed by atoms with E-state index < -0.39 is 5.97 Å². The molecule has 0 radical (unpaired) electrons. The largest absolute Gasteiger partial charge is 0.478 e. The van der Waals surface area contributed by atoms with E-state index in [1.165, 1.54) is 6.26 Å². The molecule has 1 aliphatic rings. The van der Waals surface area contributed by atoms with Gasteiger partial charge in [0.1, 0.15) is 6.26 Å². The highest BCUT2D eigenvalue weighted by atomic mass is 17.3. The minimum atomic E-state index is -0.946. The predicted molar refractivity (Wildman–Crippen MR) is 69.4 cm³/mol. The van der Waals surface area contributed by atoms with Gasteiger partial charge in [0.25, 0.3) is 5.69 Å². The number of nitrogens with zero attached hydrogens (tertiary/aromatic N) is 1. The van der Waals surface area contributed by atoms with E-state index in [1.54, 1.807) is 22.9 Å². The van der Waals surface area contributed by atoms with Gasteiger partial charge in [0.2, 0.25) is 5.71 Å². The molecule has 0 saturated heterocycles. The van der Waals surface area contributed by atoms with Crippen molar-refractivity contribution in [3.63, 3.8) is 0 Å². The summed E-state index contributed by atoms with van der Waals surface area (Å²) in [6.45, 7) is 9.33. The highest BCUT2D eigenvalue weighted by molar-refractivity contribution is 5.95. The van der Waals surface area contributed by atoms with Gasteiger partial charge in [0.15, 0.2) is 0 Å². The molecular formula is C14H16NO4+. The summed E-state index contributed by atoms with van der Waals surface area (Å²) in [5.74, 6) is -0.946. The summed E-state index contributed by atoms with van der Waals surface area (Å²) in [6.07, 6.45) is 1.18. The molecule has 1 heterocycles. The van der Waals surface area contributed by atoms with Crippen LogP contribution >= 0.6 is 0 Å². The molecule has 5 heteroatoms. The van der Waals surface area contributed by atoms with Crippen molar-refractivity contribution in [2.45, 2.75) is 26.2 Å². The molecule has 5 nitrogen and oxygen atoms in total. The Labute approximate surface area is 111 Å². The number of carbonyl (C=O) groups is 1. The number of carboxylic acids is 1. The number of rotatable bonds is 4. The first-order valence-electron chi connectivity index (χ1n) is 5.86. The minimum absolute atomic E-state index is 0.256. The van der Waals surface area contributed by atoms with E-state index in [1.807, 2.05) is 20.8 Å². The predicted octanol–water partition coefficient (Wildman–Crippen LogP) is 2.79. The minimum Gasteiger partial charge on any atom is -0.478 e. The third-order valence-corrected chi connectivity index (χ3v) is 3.53. The van der Waals surface area contributed by atoms with E-state index in [4.69, 9.17) is 15.0 Å². The lowest BCUT2D eigenvalue weighted by Gasteiger charge is -2.13. The van der Waals surface area contributed by atoms with Gasteiger partial charge < -0.3 is 5.11 Å². The SMILES string of the molecule is C=COO[N+]1=C(C)C(C)(C)c2cc(C(=O)O)ccc21. The average molecular weight is 262 g/mol. The van der Waals surface area contributed by atoms with E-state index in [-0.39, 0.29) is 11.0 Å². The second-order valence-electron chi connectivity index (χ2n) is 4.88. The Kier molecular flexibility index (Phi) is 3.06. The Morgan fingerprint density at radius 1 is 1.47 bits per heavy atom. The quantitative estimate of drug-likeness (QED) is 0.392. The van der Waals surface area contributed by atoms with Crippen molar-refractivity contribution in [2.75, 3.05) is 0 Å². The van der Waals surface area contributed by atoms with E-state index >= 15 is 0 Å². The maximum Gasteiger partial charge on any atom is 0.335 e. The van der Waals surface area contributed by atoms with E-state index in [0.717, 1.165) is 17.0 Å². The van der Waals surface area contributed by atoms with Crippen LogP contribution in [0.15, 0.2) is 31.0 Å². The highest BCUT2D eigenvalue weighted by Gasteiger charge is 2.46. The van der Waals surface area contributed by atoms with Gasteiger partial charge in [-0.25, -0.2) is 9.68 Å².